The highest BCUT2D eigenvalue weighted by molar-refractivity contribution is 5.35. The Morgan fingerprint density at radius 1 is 0.897 bits per heavy atom. The molecule has 0 amide bonds. The summed E-state index contributed by atoms with van der Waals surface area (Å²) in [7, 11) is 0. The van der Waals surface area contributed by atoms with E-state index in [4.69, 9.17) is 9.47 Å². The summed E-state index contributed by atoms with van der Waals surface area (Å²) in [5, 5.41) is 0. The van der Waals surface area contributed by atoms with Crippen LogP contribution in [0.2, 0.25) is 0 Å². The molecule has 2 unspecified atom stereocenters. The molecule has 0 radical (unpaired) electrons. The largest absolute Gasteiger partial charge is 0.416 e. The van der Waals surface area contributed by atoms with Gasteiger partial charge in [0.25, 0.3) is 0 Å². The summed E-state index contributed by atoms with van der Waals surface area (Å²) < 4.78 is 106. The first kappa shape index (κ1) is 29.3. The van der Waals surface area contributed by atoms with Crippen LogP contribution in [0.3, 0.4) is 0 Å². The van der Waals surface area contributed by atoms with Gasteiger partial charge >= 0.3 is 12.4 Å². The quantitative estimate of drug-likeness (QED) is 0.301. The summed E-state index contributed by atoms with van der Waals surface area (Å²) in [6.07, 6.45) is -9.89. The SMILES string of the molecule is C[C@@H](OC1OCCN(CC#CCN2CCCC2)C1c1ccc(F)cc1)c1cc(C(F)(F)F)cc(C(F)(F)F)c1. The number of rotatable bonds is 6. The van der Waals surface area contributed by atoms with Crippen LogP contribution in [0, 0.1) is 17.7 Å². The third-order valence-electron chi connectivity index (χ3n) is 6.85. The average molecular weight is 559 g/mol. The number of halogens is 7. The smallest absolute Gasteiger partial charge is 0.349 e. The molecule has 2 fully saturated rings. The molecular formula is C28H29F7N2O2. The fourth-order valence-corrected chi connectivity index (χ4v) is 4.77. The van der Waals surface area contributed by atoms with Gasteiger partial charge in [-0.15, -0.1) is 0 Å². The normalized spacial score (nSPS) is 21.9. The van der Waals surface area contributed by atoms with Gasteiger partial charge in [0.1, 0.15) is 5.82 Å². The monoisotopic (exact) mass is 558 g/mol. The van der Waals surface area contributed by atoms with Crippen molar-refractivity contribution in [1.29, 1.82) is 0 Å². The topological polar surface area (TPSA) is 24.9 Å². The molecule has 2 aromatic rings. The van der Waals surface area contributed by atoms with Crippen molar-refractivity contribution in [2.45, 2.75) is 50.6 Å². The summed E-state index contributed by atoms with van der Waals surface area (Å²) in [4.78, 5) is 4.21. The lowest BCUT2D eigenvalue weighted by Crippen LogP contribution is -2.46. The van der Waals surface area contributed by atoms with Gasteiger partial charge in [0.2, 0.25) is 0 Å². The minimum absolute atomic E-state index is 0.0806. The second-order valence-corrected chi connectivity index (χ2v) is 9.66. The van der Waals surface area contributed by atoms with Gasteiger partial charge in [-0.2, -0.15) is 26.3 Å². The molecule has 2 aliphatic heterocycles. The fraction of sp³-hybridized carbons (Fsp3) is 0.500. The average Bonchev–Trinajstić information content (AvgIpc) is 3.40. The van der Waals surface area contributed by atoms with E-state index in [0.29, 0.717) is 37.3 Å². The Morgan fingerprint density at radius 2 is 1.49 bits per heavy atom. The Bertz CT molecular complexity index is 1130. The number of nitrogens with zero attached hydrogens (tertiary/aromatic N) is 2. The Morgan fingerprint density at radius 3 is 2.08 bits per heavy atom. The molecule has 0 aliphatic carbocycles. The standard InChI is InChI=1S/C28H29F7N2O2/c1-19(21-16-22(27(30,31)32)18-23(17-21)28(33,34)35)39-26-25(20-6-8-24(29)9-7-20)37(14-15-38-26)13-5-4-12-36-10-2-3-11-36/h6-9,16-19,25-26H,2-3,10-15H2,1H3/t19-,25?,26?/m1/s1. The number of morpholine rings is 1. The molecule has 2 aromatic carbocycles. The van der Waals surface area contributed by atoms with E-state index in [1.807, 2.05) is 4.90 Å². The van der Waals surface area contributed by atoms with E-state index in [1.165, 1.54) is 19.1 Å². The van der Waals surface area contributed by atoms with Gasteiger partial charge in [0.05, 0.1) is 43.0 Å². The van der Waals surface area contributed by atoms with Crippen molar-refractivity contribution >= 4 is 0 Å². The van der Waals surface area contributed by atoms with E-state index in [1.54, 1.807) is 12.1 Å². The van der Waals surface area contributed by atoms with Crippen molar-refractivity contribution < 1.29 is 40.2 Å². The number of likely N-dealkylation sites (tertiary alicyclic amines) is 1. The molecule has 11 heteroatoms. The Hall–Kier alpha value is -2.65. The molecule has 3 atom stereocenters. The Balaban J connectivity index is 1.58. The molecule has 2 heterocycles. The highest BCUT2D eigenvalue weighted by Crippen LogP contribution is 2.39. The molecule has 0 bridgehead atoms. The van der Waals surface area contributed by atoms with Crippen molar-refractivity contribution in [1.82, 2.24) is 9.80 Å². The predicted molar refractivity (Wildman–Crippen MR) is 130 cm³/mol. The summed E-state index contributed by atoms with van der Waals surface area (Å²) in [5.74, 6) is 5.85. The lowest BCUT2D eigenvalue weighted by molar-refractivity contribution is -0.228. The predicted octanol–water partition coefficient (Wildman–Crippen LogP) is 6.44. The zero-order chi connectivity index (χ0) is 28.2. The maximum absolute atomic E-state index is 13.7. The van der Waals surface area contributed by atoms with Gasteiger partial charge in [-0.3, -0.25) is 9.80 Å². The van der Waals surface area contributed by atoms with E-state index in [9.17, 15) is 30.7 Å². The molecule has 212 valence electrons. The molecule has 0 N–H and O–H groups in total. The van der Waals surface area contributed by atoms with Crippen molar-refractivity contribution in [3.8, 4) is 11.8 Å². The van der Waals surface area contributed by atoms with Crippen LogP contribution in [0.25, 0.3) is 0 Å². The Labute approximate surface area is 222 Å². The zero-order valence-corrected chi connectivity index (χ0v) is 21.3. The molecule has 2 saturated heterocycles. The minimum atomic E-state index is -4.97. The van der Waals surface area contributed by atoms with E-state index >= 15 is 0 Å². The molecule has 4 nitrogen and oxygen atoms in total. The second kappa shape index (κ2) is 12.3. The highest BCUT2D eigenvalue weighted by atomic mass is 19.4. The van der Waals surface area contributed by atoms with E-state index in [0.717, 1.165) is 25.9 Å². The zero-order valence-electron chi connectivity index (χ0n) is 21.3. The highest BCUT2D eigenvalue weighted by Gasteiger charge is 2.39. The number of hydrogen-bond donors (Lipinski definition) is 0. The van der Waals surface area contributed by atoms with Gasteiger partial charge in [0, 0.05) is 6.54 Å². The van der Waals surface area contributed by atoms with E-state index in [-0.39, 0.29) is 18.2 Å². The molecule has 0 saturated carbocycles. The first-order valence-electron chi connectivity index (χ1n) is 12.7. The van der Waals surface area contributed by atoms with Gasteiger partial charge < -0.3 is 9.47 Å². The van der Waals surface area contributed by atoms with Gasteiger partial charge in [-0.25, -0.2) is 4.39 Å². The number of benzene rings is 2. The molecule has 2 aliphatic rings. The minimum Gasteiger partial charge on any atom is -0.349 e. The lowest BCUT2D eigenvalue weighted by atomic mass is 10.0. The van der Waals surface area contributed by atoms with Crippen LogP contribution in [0.5, 0.6) is 0 Å². The van der Waals surface area contributed by atoms with Gasteiger partial charge in [0.15, 0.2) is 6.29 Å². The second-order valence-electron chi connectivity index (χ2n) is 9.66. The molecule has 0 spiro atoms. The summed E-state index contributed by atoms with van der Waals surface area (Å²) in [6, 6.07) is 6.40. The van der Waals surface area contributed by atoms with Crippen molar-refractivity contribution in [3.05, 3.63) is 70.5 Å². The lowest BCUT2D eigenvalue weighted by Gasteiger charge is -2.41. The molecular weight excluding hydrogens is 529 g/mol. The first-order valence-corrected chi connectivity index (χ1v) is 12.7. The summed E-state index contributed by atoms with van der Waals surface area (Å²) in [5.41, 5.74) is -2.51. The van der Waals surface area contributed by atoms with Crippen LogP contribution in [0.15, 0.2) is 42.5 Å². The fourth-order valence-electron chi connectivity index (χ4n) is 4.77. The first-order chi connectivity index (χ1) is 18.4. The van der Waals surface area contributed by atoms with Crippen molar-refractivity contribution in [2.24, 2.45) is 0 Å². The van der Waals surface area contributed by atoms with Crippen LogP contribution in [0.4, 0.5) is 30.7 Å². The van der Waals surface area contributed by atoms with Crippen molar-refractivity contribution in [2.75, 3.05) is 39.3 Å². The number of ether oxygens (including phenoxy) is 2. The van der Waals surface area contributed by atoms with Crippen molar-refractivity contribution in [3.63, 3.8) is 0 Å². The summed E-state index contributed by atoms with van der Waals surface area (Å²) >= 11 is 0. The summed E-state index contributed by atoms with van der Waals surface area (Å²) in [6.45, 7) is 5.01. The maximum Gasteiger partial charge on any atom is 0.416 e. The van der Waals surface area contributed by atoms with Crippen LogP contribution < -0.4 is 0 Å². The molecule has 4 rings (SSSR count). The Kier molecular flexibility index (Phi) is 9.21. The van der Waals surface area contributed by atoms with Gasteiger partial charge in [-0.05, 0) is 74.3 Å². The van der Waals surface area contributed by atoms with Gasteiger partial charge in [-0.1, -0.05) is 24.0 Å². The molecule has 39 heavy (non-hydrogen) atoms. The van der Waals surface area contributed by atoms with E-state index < -0.39 is 47.7 Å². The van der Waals surface area contributed by atoms with Crippen LogP contribution in [0.1, 0.15) is 54.2 Å². The van der Waals surface area contributed by atoms with Crippen LogP contribution in [-0.2, 0) is 21.8 Å². The number of hydrogen-bond acceptors (Lipinski definition) is 4. The third kappa shape index (κ3) is 7.72. The third-order valence-corrected chi connectivity index (χ3v) is 6.85. The van der Waals surface area contributed by atoms with E-state index in [2.05, 4.69) is 16.7 Å². The maximum atomic E-state index is 13.7. The van der Waals surface area contributed by atoms with Crippen LogP contribution >= 0.6 is 0 Å². The molecule has 0 aromatic heterocycles. The van der Waals surface area contributed by atoms with Crippen LogP contribution in [-0.4, -0.2) is 55.4 Å². The number of alkyl halides is 6.